The van der Waals surface area contributed by atoms with Crippen molar-refractivity contribution in [2.24, 2.45) is 0 Å². The number of imidazole rings is 1. The molecule has 2 amide bonds. The largest absolute Gasteiger partial charge is 0.352 e. The van der Waals surface area contributed by atoms with Gasteiger partial charge in [0, 0.05) is 30.3 Å². The van der Waals surface area contributed by atoms with E-state index in [1.807, 2.05) is 48.2 Å². The second-order valence-electron chi connectivity index (χ2n) is 7.61. The molecule has 0 aliphatic carbocycles. The average Bonchev–Trinajstić information content (AvgIpc) is 3.13. The maximum Gasteiger partial charge on any atom is 0.254 e. The van der Waals surface area contributed by atoms with Gasteiger partial charge in [0.05, 0.1) is 11.0 Å². The fourth-order valence-electron chi connectivity index (χ4n) is 4.05. The lowest BCUT2D eigenvalue weighted by Crippen LogP contribution is -2.45. The van der Waals surface area contributed by atoms with Crippen molar-refractivity contribution in [1.29, 1.82) is 0 Å². The molecule has 1 fully saturated rings. The highest BCUT2D eigenvalue weighted by Gasteiger charge is 2.27. The van der Waals surface area contributed by atoms with E-state index in [9.17, 15) is 9.59 Å². The Morgan fingerprint density at radius 1 is 1.14 bits per heavy atom. The molecule has 2 heterocycles. The molecular formula is C23H26N4O2. The van der Waals surface area contributed by atoms with Crippen LogP contribution in [0.2, 0.25) is 0 Å². The van der Waals surface area contributed by atoms with Crippen molar-refractivity contribution >= 4 is 22.8 Å². The number of nitrogens with zero attached hydrogens (tertiary/aromatic N) is 2. The number of amides is 2. The molecular weight excluding hydrogens is 364 g/mol. The zero-order chi connectivity index (χ0) is 20.2. The van der Waals surface area contributed by atoms with Crippen molar-refractivity contribution in [3.8, 4) is 0 Å². The number of nitrogens with one attached hydrogen (secondary N) is 2. The van der Waals surface area contributed by atoms with Crippen LogP contribution in [0.25, 0.3) is 11.0 Å². The van der Waals surface area contributed by atoms with E-state index < -0.39 is 0 Å². The van der Waals surface area contributed by atoms with Crippen LogP contribution in [0.3, 0.4) is 0 Å². The maximum absolute atomic E-state index is 13.2. The molecule has 1 aromatic heterocycles. The number of fused-ring (bicyclic) bond motifs is 1. The van der Waals surface area contributed by atoms with Crippen LogP contribution >= 0.6 is 0 Å². The minimum absolute atomic E-state index is 0.0539. The van der Waals surface area contributed by atoms with Crippen LogP contribution in [0, 0.1) is 6.92 Å². The first-order chi connectivity index (χ1) is 14.1. The molecule has 29 heavy (non-hydrogen) atoms. The molecule has 0 spiro atoms. The Balaban J connectivity index is 1.41. The molecule has 1 saturated heterocycles. The Kier molecular flexibility index (Phi) is 5.60. The summed E-state index contributed by atoms with van der Waals surface area (Å²) in [4.78, 5) is 35.0. The van der Waals surface area contributed by atoms with Crippen molar-refractivity contribution in [3.05, 3.63) is 65.5 Å². The number of hydrogen-bond donors (Lipinski definition) is 2. The number of H-pyrrole nitrogens is 1. The lowest BCUT2D eigenvalue weighted by molar-refractivity contribution is 0.0601. The molecule has 0 unspecified atom stereocenters. The van der Waals surface area contributed by atoms with Crippen LogP contribution in [0.5, 0.6) is 0 Å². The number of hydrogen-bond acceptors (Lipinski definition) is 3. The topological polar surface area (TPSA) is 78.1 Å². The van der Waals surface area contributed by atoms with Gasteiger partial charge in [0.25, 0.3) is 11.8 Å². The van der Waals surface area contributed by atoms with Gasteiger partial charge in [0.2, 0.25) is 0 Å². The molecule has 2 aromatic carbocycles. The van der Waals surface area contributed by atoms with Gasteiger partial charge in [-0.2, -0.15) is 0 Å². The van der Waals surface area contributed by atoms with E-state index >= 15 is 0 Å². The lowest BCUT2D eigenvalue weighted by Gasteiger charge is -2.36. The van der Waals surface area contributed by atoms with E-state index in [1.54, 1.807) is 12.1 Å². The third kappa shape index (κ3) is 4.31. The molecule has 1 aliphatic heterocycles. The van der Waals surface area contributed by atoms with Crippen LogP contribution < -0.4 is 5.32 Å². The SMILES string of the molecule is Cc1nc2ccc(C(=O)N3CCCC[C@@H]3CCNC(=O)c3ccccc3)cc2[nH]1. The highest BCUT2D eigenvalue weighted by molar-refractivity contribution is 5.97. The van der Waals surface area contributed by atoms with E-state index in [1.165, 1.54) is 0 Å². The number of carbonyl (C=O) groups is 2. The molecule has 6 nitrogen and oxygen atoms in total. The zero-order valence-corrected chi connectivity index (χ0v) is 16.6. The monoisotopic (exact) mass is 390 g/mol. The summed E-state index contributed by atoms with van der Waals surface area (Å²) in [6.45, 7) is 3.23. The van der Waals surface area contributed by atoms with Crippen LogP contribution in [-0.2, 0) is 0 Å². The Morgan fingerprint density at radius 3 is 2.79 bits per heavy atom. The summed E-state index contributed by atoms with van der Waals surface area (Å²) in [6, 6.07) is 15.0. The van der Waals surface area contributed by atoms with Gasteiger partial charge in [0.15, 0.2) is 0 Å². The summed E-state index contributed by atoms with van der Waals surface area (Å²) >= 11 is 0. The Bertz CT molecular complexity index is 1010. The standard InChI is InChI=1S/C23H26N4O2/c1-16-25-20-11-10-18(15-21(20)26-16)23(29)27-14-6-5-9-19(27)12-13-24-22(28)17-7-3-2-4-8-17/h2-4,7-8,10-11,15,19H,5-6,9,12-14H2,1H3,(H,24,28)(H,25,26)/t19-/m1/s1. The van der Waals surface area contributed by atoms with Crippen molar-refractivity contribution in [2.45, 2.75) is 38.6 Å². The number of piperidine rings is 1. The van der Waals surface area contributed by atoms with E-state index in [2.05, 4.69) is 15.3 Å². The third-order valence-electron chi connectivity index (χ3n) is 5.53. The minimum atomic E-state index is -0.0700. The van der Waals surface area contributed by atoms with Crippen molar-refractivity contribution in [1.82, 2.24) is 20.2 Å². The molecule has 1 aliphatic rings. The van der Waals surface area contributed by atoms with Crippen LogP contribution in [0.4, 0.5) is 0 Å². The Labute approximate surface area is 170 Å². The van der Waals surface area contributed by atoms with Gasteiger partial charge in [0.1, 0.15) is 5.82 Å². The average molecular weight is 390 g/mol. The molecule has 1 atom stereocenters. The number of aromatic amines is 1. The summed E-state index contributed by atoms with van der Waals surface area (Å²) in [6.07, 6.45) is 3.86. The first kappa shape index (κ1) is 19.2. The smallest absolute Gasteiger partial charge is 0.254 e. The number of benzene rings is 2. The van der Waals surface area contributed by atoms with Crippen molar-refractivity contribution in [3.63, 3.8) is 0 Å². The van der Waals surface area contributed by atoms with Gasteiger partial charge in [-0.05, 0) is 62.9 Å². The van der Waals surface area contributed by atoms with E-state index in [4.69, 9.17) is 0 Å². The normalized spacial score (nSPS) is 16.7. The summed E-state index contributed by atoms with van der Waals surface area (Å²) in [5, 5.41) is 2.98. The summed E-state index contributed by atoms with van der Waals surface area (Å²) in [7, 11) is 0. The molecule has 3 aromatic rings. The first-order valence-electron chi connectivity index (χ1n) is 10.2. The predicted octanol–water partition coefficient (Wildman–Crippen LogP) is 3.69. The second kappa shape index (κ2) is 8.47. The van der Waals surface area contributed by atoms with Gasteiger partial charge in [-0.25, -0.2) is 4.98 Å². The highest BCUT2D eigenvalue weighted by atomic mass is 16.2. The molecule has 0 saturated carbocycles. The molecule has 0 bridgehead atoms. The first-order valence-corrected chi connectivity index (χ1v) is 10.2. The lowest BCUT2D eigenvalue weighted by atomic mass is 9.98. The quantitative estimate of drug-likeness (QED) is 0.697. The van der Waals surface area contributed by atoms with Gasteiger partial charge in [-0.1, -0.05) is 18.2 Å². The maximum atomic E-state index is 13.2. The van der Waals surface area contributed by atoms with Crippen LogP contribution in [-0.4, -0.2) is 45.8 Å². The predicted molar refractivity (Wildman–Crippen MR) is 113 cm³/mol. The van der Waals surface area contributed by atoms with Gasteiger partial charge >= 0.3 is 0 Å². The van der Waals surface area contributed by atoms with E-state index in [0.29, 0.717) is 17.7 Å². The fraction of sp³-hybridized carbons (Fsp3) is 0.348. The Morgan fingerprint density at radius 2 is 1.97 bits per heavy atom. The van der Waals surface area contributed by atoms with Crippen LogP contribution in [0.1, 0.15) is 52.2 Å². The summed E-state index contributed by atoms with van der Waals surface area (Å²) in [5.41, 5.74) is 3.10. The Hall–Kier alpha value is -3.15. The van der Waals surface area contributed by atoms with Gasteiger partial charge in [-0.15, -0.1) is 0 Å². The number of aryl methyl sites for hydroxylation is 1. The van der Waals surface area contributed by atoms with Crippen LogP contribution in [0.15, 0.2) is 48.5 Å². The number of carbonyl (C=O) groups excluding carboxylic acids is 2. The van der Waals surface area contributed by atoms with Crippen molar-refractivity contribution < 1.29 is 9.59 Å². The van der Waals surface area contributed by atoms with Gasteiger partial charge in [-0.3, -0.25) is 9.59 Å². The fourth-order valence-corrected chi connectivity index (χ4v) is 4.05. The van der Waals surface area contributed by atoms with E-state index in [0.717, 1.165) is 49.1 Å². The summed E-state index contributed by atoms with van der Waals surface area (Å²) in [5.74, 6) is 0.826. The van der Waals surface area contributed by atoms with E-state index in [-0.39, 0.29) is 17.9 Å². The molecule has 6 heteroatoms. The van der Waals surface area contributed by atoms with Gasteiger partial charge < -0.3 is 15.2 Å². The highest BCUT2D eigenvalue weighted by Crippen LogP contribution is 2.23. The van der Waals surface area contributed by atoms with Crippen molar-refractivity contribution in [2.75, 3.05) is 13.1 Å². The summed E-state index contributed by atoms with van der Waals surface area (Å²) < 4.78 is 0. The molecule has 150 valence electrons. The number of likely N-dealkylation sites (tertiary alicyclic amines) is 1. The molecule has 2 N–H and O–H groups in total. The molecule has 0 radical (unpaired) electrons. The minimum Gasteiger partial charge on any atom is -0.352 e. The zero-order valence-electron chi connectivity index (χ0n) is 16.6. The molecule has 4 rings (SSSR count). The third-order valence-corrected chi connectivity index (χ3v) is 5.53. The number of rotatable bonds is 5. The number of aromatic nitrogens is 2. The second-order valence-corrected chi connectivity index (χ2v) is 7.61.